The van der Waals surface area contributed by atoms with Gasteiger partial charge in [-0.1, -0.05) is 20.8 Å². The SMILES string of the molecule is CC(C)(C)B1SCCCNCCCS1. The third kappa shape index (κ3) is 4.99. The van der Waals surface area contributed by atoms with Crippen molar-refractivity contribution < 1.29 is 0 Å². The minimum absolute atomic E-state index is 0.446. The molecule has 0 aromatic rings. The lowest BCUT2D eigenvalue weighted by molar-refractivity contribution is 0.667. The molecular formula is C10H22BNS2. The fraction of sp³-hybridized carbons (Fsp3) is 1.00. The second-order valence-electron chi connectivity index (χ2n) is 4.90. The summed E-state index contributed by atoms with van der Waals surface area (Å²) in [5, 5.41) is 4.71. The zero-order valence-electron chi connectivity index (χ0n) is 9.64. The van der Waals surface area contributed by atoms with Gasteiger partial charge in [0.25, 0.3) is 5.27 Å². The van der Waals surface area contributed by atoms with Crippen molar-refractivity contribution in [2.24, 2.45) is 0 Å². The van der Waals surface area contributed by atoms with Crippen LogP contribution in [0.2, 0.25) is 5.31 Å². The maximum atomic E-state index is 3.48. The molecule has 1 N–H and O–H groups in total. The largest absolute Gasteiger partial charge is 0.317 e. The summed E-state index contributed by atoms with van der Waals surface area (Å²) in [4.78, 5) is 0. The number of hydrogen-bond donors (Lipinski definition) is 1. The first kappa shape index (κ1) is 12.8. The summed E-state index contributed by atoms with van der Waals surface area (Å²) in [6.07, 6.45) is 2.63. The van der Waals surface area contributed by atoms with Crippen LogP contribution in [0.25, 0.3) is 0 Å². The summed E-state index contributed by atoms with van der Waals surface area (Å²) in [6, 6.07) is 0. The molecular weight excluding hydrogens is 209 g/mol. The first-order chi connectivity index (χ1) is 6.61. The first-order valence-electron chi connectivity index (χ1n) is 5.54. The minimum Gasteiger partial charge on any atom is -0.317 e. The molecule has 1 aliphatic heterocycles. The van der Waals surface area contributed by atoms with Crippen molar-refractivity contribution in [1.82, 2.24) is 5.32 Å². The normalized spacial score (nSPS) is 22.1. The summed E-state index contributed by atoms with van der Waals surface area (Å²) in [5.74, 6) is 2.61. The molecule has 1 fully saturated rings. The molecule has 1 aliphatic rings. The van der Waals surface area contributed by atoms with Gasteiger partial charge in [-0.05, 0) is 42.8 Å². The van der Waals surface area contributed by atoms with Crippen LogP contribution >= 0.6 is 23.2 Å². The van der Waals surface area contributed by atoms with Gasteiger partial charge in [-0.15, -0.1) is 0 Å². The van der Waals surface area contributed by atoms with Gasteiger partial charge >= 0.3 is 0 Å². The molecule has 0 saturated carbocycles. The Morgan fingerprint density at radius 2 is 1.50 bits per heavy atom. The van der Waals surface area contributed by atoms with E-state index in [1.807, 2.05) is 0 Å². The molecule has 0 bridgehead atoms. The Morgan fingerprint density at radius 3 is 1.93 bits per heavy atom. The van der Waals surface area contributed by atoms with Gasteiger partial charge < -0.3 is 5.32 Å². The second kappa shape index (κ2) is 6.34. The second-order valence-corrected chi connectivity index (χ2v) is 7.62. The van der Waals surface area contributed by atoms with Gasteiger partial charge in [0.1, 0.15) is 0 Å². The molecule has 0 radical (unpaired) electrons. The Morgan fingerprint density at radius 1 is 1.00 bits per heavy atom. The van der Waals surface area contributed by atoms with Gasteiger partial charge in [0.2, 0.25) is 0 Å². The molecule has 0 atom stereocenters. The maximum Gasteiger partial charge on any atom is 0.279 e. The topological polar surface area (TPSA) is 12.0 Å². The molecule has 82 valence electrons. The molecule has 0 aliphatic carbocycles. The van der Waals surface area contributed by atoms with Gasteiger partial charge in [0.05, 0.1) is 0 Å². The van der Waals surface area contributed by atoms with Crippen molar-refractivity contribution >= 4 is 28.5 Å². The van der Waals surface area contributed by atoms with Gasteiger partial charge in [0, 0.05) is 0 Å². The summed E-state index contributed by atoms with van der Waals surface area (Å²) in [6.45, 7) is 9.49. The minimum atomic E-state index is 0.446. The predicted molar refractivity (Wildman–Crippen MR) is 72.5 cm³/mol. The number of nitrogens with one attached hydrogen (secondary N) is 1. The zero-order chi connectivity index (χ0) is 10.4. The van der Waals surface area contributed by atoms with Crippen molar-refractivity contribution in [2.75, 3.05) is 24.6 Å². The quantitative estimate of drug-likeness (QED) is 0.643. The monoisotopic (exact) mass is 231 g/mol. The van der Waals surface area contributed by atoms with Crippen LogP contribution in [0.15, 0.2) is 0 Å². The van der Waals surface area contributed by atoms with Gasteiger partial charge in [-0.3, -0.25) is 0 Å². The van der Waals surface area contributed by atoms with E-state index in [9.17, 15) is 0 Å². The maximum absolute atomic E-state index is 3.48. The van der Waals surface area contributed by atoms with Gasteiger partial charge in [-0.2, -0.15) is 23.2 Å². The molecule has 0 amide bonds. The predicted octanol–water partition coefficient (Wildman–Crippen LogP) is 3.12. The van der Waals surface area contributed by atoms with Crippen molar-refractivity contribution in [3.8, 4) is 0 Å². The lowest BCUT2D eigenvalue weighted by Gasteiger charge is -2.27. The van der Waals surface area contributed by atoms with Crippen LogP contribution in [0.5, 0.6) is 0 Å². The summed E-state index contributed by atoms with van der Waals surface area (Å²) in [5.41, 5.74) is 0. The Hall–Kier alpha value is 0.725. The Balaban J connectivity index is 2.38. The van der Waals surface area contributed by atoms with Crippen molar-refractivity contribution in [3.05, 3.63) is 0 Å². The Labute approximate surface area is 97.4 Å². The van der Waals surface area contributed by atoms with Crippen molar-refractivity contribution in [1.29, 1.82) is 0 Å². The zero-order valence-corrected chi connectivity index (χ0v) is 11.3. The standard InChI is InChI=1S/C10H22BNS2/c1-10(2,3)11-13-8-4-6-12-7-5-9-14-11/h12H,4-9H2,1-3H3. The molecule has 0 aromatic heterocycles. The summed E-state index contributed by atoms with van der Waals surface area (Å²) in [7, 11) is 0. The van der Waals surface area contributed by atoms with E-state index in [-0.39, 0.29) is 0 Å². The fourth-order valence-electron chi connectivity index (χ4n) is 1.45. The van der Waals surface area contributed by atoms with E-state index in [0.717, 1.165) is 5.27 Å². The number of rotatable bonds is 0. The molecule has 0 spiro atoms. The lowest BCUT2D eigenvalue weighted by atomic mass is 9.71. The van der Waals surface area contributed by atoms with E-state index in [2.05, 4.69) is 49.3 Å². The van der Waals surface area contributed by atoms with Crippen molar-refractivity contribution in [3.63, 3.8) is 0 Å². The van der Waals surface area contributed by atoms with Crippen LogP contribution in [0.1, 0.15) is 33.6 Å². The first-order valence-corrected chi connectivity index (χ1v) is 7.64. The Kier molecular flexibility index (Phi) is 5.79. The summed E-state index contributed by atoms with van der Waals surface area (Å²) < 4.78 is 0. The molecule has 0 aromatic carbocycles. The van der Waals surface area contributed by atoms with Gasteiger partial charge in [-0.25, -0.2) is 0 Å². The van der Waals surface area contributed by atoms with Crippen LogP contribution < -0.4 is 5.32 Å². The van der Waals surface area contributed by atoms with E-state index in [4.69, 9.17) is 0 Å². The average molecular weight is 231 g/mol. The highest BCUT2D eigenvalue weighted by molar-refractivity contribution is 8.54. The third-order valence-corrected chi connectivity index (χ3v) is 6.13. The van der Waals surface area contributed by atoms with E-state index in [1.165, 1.54) is 37.4 Å². The molecule has 0 unspecified atom stereocenters. The smallest absolute Gasteiger partial charge is 0.279 e. The summed E-state index contributed by atoms with van der Waals surface area (Å²) >= 11 is 4.30. The molecule has 1 rings (SSSR count). The van der Waals surface area contributed by atoms with Crippen LogP contribution in [-0.4, -0.2) is 29.9 Å². The van der Waals surface area contributed by atoms with Crippen LogP contribution in [0.3, 0.4) is 0 Å². The van der Waals surface area contributed by atoms with E-state index in [1.54, 1.807) is 0 Å². The van der Waals surface area contributed by atoms with E-state index >= 15 is 0 Å². The fourth-order valence-corrected chi connectivity index (χ4v) is 4.46. The molecule has 14 heavy (non-hydrogen) atoms. The molecule has 1 saturated heterocycles. The van der Waals surface area contributed by atoms with E-state index < -0.39 is 0 Å². The lowest BCUT2D eigenvalue weighted by Crippen LogP contribution is -2.24. The third-order valence-electron chi connectivity index (χ3n) is 2.24. The highest BCUT2D eigenvalue weighted by Crippen LogP contribution is 2.40. The highest BCUT2D eigenvalue weighted by Gasteiger charge is 2.29. The molecule has 4 heteroatoms. The Bertz CT molecular complexity index is 149. The number of hydrogen-bond acceptors (Lipinski definition) is 3. The van der Waals surface area contributed by atoms with E-state index in [0.29, 0.717) is 5.31 Å². The van der Waals surface area contributed by atoms with Crippen LogP contribution in [0.4, 0.5) is 0 Å². The van der Waals surface area contributed by atoms with Crippen molar-refractivity contribution in [2.45, 2.75) is 38.9 Å². The van der Waals surface area contributed by atoms with Crippen LogP contribution in [0, 0.1) is 0 Å². The van der Waals surface area contributed by atoms with Crippen LogP contribution in [-0.2, 0) is 0 Å². The van der Waals surface area contributed by atoms with Gasteiger partial charge in [0.15, 0.2) is 0 Å². The molecule has 1 nitrogen and oxygen atoms in total. The highest BCUT2D eigenvalue weighted by atomic mass is 32.2. The average Bonchev–Trinajstić information content (AvgIpc) is 2.12. The molecule has 1 heterocycles.